The molecule has 8 nitrogen and oxygen atoms in total. The van der Waals surface area contributed by atoms with E-state index in [1.165, 1.54) is 12.8 Å². The molecule has 5 N–H and O–H groups in total. The molecule has 0 aromatic heterocycles. The van der Waals surface area contributed by atoms with Crippen LogP contribution in [0.25, 0.3) is 0 Å². The Morgan fingerprint density at radius 2 is 1.92 bits per heavy atom. The van der Waals surface area contributed by atoms with Gasteiger partial charge in [-0.1, -0.05) is 32.6 Å². The Morgan fingerprint density at radius 1 is 1.20 bits per heavy atom. The summed E-state index contributed by atoms with van der Waals surface area (Å²) < 4.78 is 10.6. The van der Waals surface area contributed by atoms with Gasteiger partial charge in [0.1, 0.15) is 24.9 Å². The molecule has 0 aromatic rings. The molecule has 1 heterocycles. The quantitative estimate of drug-likeness (QED) is 0.300. The normalized spacial score (nSPS) is 29.6. The second-order valence-electron chi connectivity index (χ2n) is 6.50. The zero-order chi connectivity index (χ0) is 18.7. The Kier molecular flexibility index (Phi) is 10.5. The number of carbonyl (C=O) groups is 1. The molecular formula is C17H33NO7. The van der Waals surface area contributed by atoms with E-state index in [0.717, 1.165) is 19.3 Å². The van der Waals surface area contributed by atoms with E-state index in [1.54, 1.807) is 0 Å². The number of carbonyl (C=O) groups excluding carboxylic acids is 1. The summed E-state index contributed by atoms with van der Waals surface area (Å²) in [6.07, 6.45) is 2.23. The highest BCUT2D eigenvalue weighted by atomic mass is 16.7. The van der Waals surface area contributed by atoms with E-state index in [2.05, 4.69) is 12.2 Å². The highest BCUT2D eigenvalue weighted by molar-refractivity contribution is 5.75. The standard InChI is InChI=1S/C17H33NO7/c1-2-3-4-5-6-8-14(21)18-9-7-10-24-17(12-19)16(23)15(22)13(20)11-25-17/h13,15-16,19-20,22-23H,2-12H2,1H3,(H,18,21)/t13-,15-,16+,17-/m1/s1. The lowest BCUT2D eigenvalue weighted by molar-refractivity contribution is -0.348. The van der Waals surface area contributed by atoms with Crippen molar-refractivity contribution < 1.29 is 34.7 Å². The molecule has 0 bridgehead atoms. The maximum absolute atomic E-state index is 11.7. The summed E-state index contributed by atoms with van der Waals surface area (Å²) in [5, 5.41) is 41.4. The number of amides is 1. The van der Waals surface area contributed by atoms with Crippen LogP contribution < -0.4 is 5.32 Å². The first kappa shape index (κ1) is 22.3. The Balaban J connectivity index is 2.18. The summed E-state index contributed by atoms with van der Waals surface area (Å²) in [7, 11) is 0. The van der Waals surface area contributed by atoms with Crippen LogP contribution in [-0.2, 0) is 14.3 Å². The Labute approximate surface area is 149 Å². The van der Waals surface area contributed by atoms with Gasteiger partial charge in [-0.05, 0) is 12.8 Å². The summed E-state index contributed by atoms with van der Waals surface area (Å²) in [4.78, 5) is 11.7. The molecule has 0 aromatic carbocycles. The fourth-order valence-corrected chi connectivity index (χ4v) is 2.72. The van der Waals surface area contributed by atoms with Crippen LogP contribution in [0.2, 0.25) is 0 Å². The highest BCUT2D eigenvalue weighted by Gasteiger charge is 2.50. The van der Waals surface area contributed by atoms with Crippen LogP contribution in [0.15, 0.2) is 0 Å². The molecule has 1 saturated heterocycles. The van der Waals surface area contributed by atoms with Crippen molar-refractivity contribution in [1.29, 1.82) is 0 Å². The summed E-state index contributed by atoms with van der Waals surface area (Å²) in [6, 6.07) is 0. The van der Waals surface area contributed by atoms with Crippen LogP contribution in [0.1, 0.15) is 51.9 Å². The van der Waals surface area contributed by atoms with Crippen molar-refractivity contribution in [3.05, 3.63) is 0 Å². The molecule has 1 aliphatic rings. The van der Waals surface area contributed by atoms with Crippen molar-refractivity contribution in [3.63, 3.8) is 0 Å². The molecule has 1 aliphatic heterocycles. The van der Waals surface area contributed by atoms with Gasteiger partial charge in [0.2, 0.25) is 11.7 Å². The molecular weight excluding hydrogens is 330 g/mol. The lowest BCUT2D eigenvalue weighted by atomic mass is 9.97. The lowest BCUT2D eigenvalue weighted by Gasteiger charge is -2.43. The molecule has 1 rings (SSSR count). The van der Waals surface area contributed by atoms with Crippen molar-refractivity contribution >= 4 is 5.91 Å². The minimum atomic E-state index is -1.75. The van der Waals surface area contributed by atoms with E-state index in [9.17, 15) is 25.2 Å². The molecule has 0 saturated carbocycles. The fourth-order valence-electron chi connectivity index (χ4n) is 2.72. The smallest absolute Gasteiger partial charge is 0.221 e. The second-order valence-corrected chi connectivity index (χ2v) is 6.50. The van der Waals surface area contributed by atoms with E-state index in [4.69, 9.17) is 9.47 Å². The predicted octanol–water partition coefficient (Wildman–Crippen LogP) is -0.329. The van der Waals surface area contributed by atoms with Crippen molar-refractivity contribution in [1.82, 2.24) is 5.32 Å². The van der Waals surface area contributed by atoms with Crippen LogP contribution >= 0.6 is 0 Å². The van der Waals surface area contributed by atoms with Gasteiger partial charge in [-0.2, -0.15) is 0 Å². The third kappa shape index (κ3) is 7.16. The van der Waals surface area contributed by atoms with Gasteiger partial charge in [0, 0.05) is 13.0 Å². The Hall–Kier alpha value is -0.770. The van der Waals surface area contributed by atoms with E-state index in [1.807, 2.05) is 0 Å². The molecule has 1 fully saturated rings. The van der Waals surface area contributed by atoms with E-state index in [0.29, 0.717) is 19.4 Å². The fraction of sp³-hybridized carbons (Fsp3) is 0.941. The van der Waals surface area contributed by atoms with Crippen molar-refractivity contribution in [3.8, 4) is 0 Å². The minimum Gasteiger partial charge on any atom is -0.391 e. The first-order valence-electron chi connectivity index (χ1n) is 9.16. The number of aliphatic hydroxyl groups excluding tert-OH is 4. The van der Waals surface area contributed by atoms with Crippen molar-refractivity contribution in [2.24, 2.45) is 0 Å². The number of hydrogen-bond donors (Lipinski definition) is 5. The van der Waals surface area contributed by atoms with Crippen molar-refractivity contribution in [2.45, 2.75) is 76.0 Å². The van der Waals surface area contributed by atoms with Crippen LogP contribution in [0.4, 0.5) is 0 Å². The molecule has 0 radical (unpaired) electrons. The summed E-state index contributed by atoms with van der Waals surface area (Å²) in [6.45, 7) is 1.79. The number of ether oxygens (including phenoxy) is 2. The first-order valence-corrected chi connectivity index (χ1v) is 9.16. The summed E-state index contributed by atoms with van der Waals surface area (Å²) in [5.74, 6) is -1.75. The number of unbranched alkanes of at least 4 members (excludes halogenated alkanes) is 4. The zero-order valence-electron chi connectivity index (χ0n) is 15.0. The molecule has 148 valence electrons. The minimum absolute atomic E-state index is 0.000801. The van der Waals surface area contributed by atoms with E-state index < -0.39 is 30.7 Å². The Morgan fingerprint density at radius 3 is 2.60 bits per heavy atom. The van der Waals surface area contributed by atoms with Gasteiger partial charge in [0.15, 0.2) is 0 Å². The molecule has 0 unspecified atom stereocenters. The van der Waals surface area contributed by atoms with E-state index in [-0.39, 0.29) is 19.1 Å². The largest absolute Gasteiger partial charge is 0.391 e. The van der Waals surface area contributed by atoms with Gasteiger partial charge in [0.25, 0.3) is 0 Å². The topological polar surface area (TPSA) is 128 Å². The van der Waals surface area contributed by atoms with Crippen LogP contribution in [-0.4, -0.2) is 76.8 Å². The average molecular weight is 363 g/mol. The molecule has 0 aliphatic carbocycles. The maximum Gasteiger partial charge on any atom is 0.221 e. The molecule has 8 heteroatoms. The molecule has 1 amide bonds. The van der Waals surface area contributed by atoms with Crippen LogP contribution in [0.3, 0.4) is 0 Å². The Bertz CT molecular complexity index is 382. The number of aliphatic hydroxyl groups is 4. The maximum atomic E-state index is 11.7. The summed E-state index contributed by atoms with van der Waals surface area (Å²) in [5.41, 5.74) is 0. The average Bonchev–Trinajstić information content (AvgIpc) is 2.61. The molecule has 0 spiro atoms. The van der Waals surface area contributed by atoms with Gasteiger partial charge in [-0.3, -0.25) is 4.79 Å². The number of nitrogens with one attached hydrogen (secondary N) is 1. The summed E-state index contributed by atoms with van der Waals surface area (Å²) >= 11 is 0. The third-order valence-electron chi connectivity index (χ3n) is 4.38. The van der Waals surface area contributed by atoms with Crippen LogP contribution in [0, 0.1) is 0 Å². The van der Waals surface area contributed by atoms with Gasteiger partial charge < -0.3 is 35.2 Å². The number of hydrogen-bond acceptors (Lipinski definition) is 7. The van der Waals surface area contributed by atoms with Gasteiger partial charge in [-0.25, -0.2) is 0 Å². The first-order chi connectivity index (χ1) is 12.0. The lowest BCUT2D eigenvalue weighted by Crippen LogP contribution is -2.63. The third-order valence-corrected chi connectivity index (χ3v) is 4.38. The van der Waals surface area contributed by atoms with Crippen molar-refractivity contribution in [2.75, 3.05) is 26.4 Å². The monoisotopic (exact) mass is 363 g/mol. The second kappa shape index (κ2) is 11.8. The molecule has 4 atom stereocenters. The SMILES string of the molecule is CCCCCCCC(=O)NCCCO[C@]1(CO)OC[C@@H](O)[C@@H](O)[C@@H]1O. The zero-order valence-corrected chi connectivity index (χ0v) is 15.0. The number of rotatable bonds is 12. The predicted molar refractivity (Wildman–Crippen MR) is 90.7 cm³/mol. The van der Waals surface area contributed by atoms with Gasteiger partial charge in [0.05, 0.1) is 13.2 Å². The van der Waals surface area contributed by atoms with E-state index >= 15 is 0 Å². The van der Waals surface area contributed by atoms with Crippen LogP contribution in [0.5, 0.6) is 0 Å². The van der Waals surface area contributed by atoms with Gasteiger partial charge >= 0.3 is 0 Å². The highest BCUT2D eigenvalue weighted by Crippen LogP contribution is 2.27. The van der Waals surface area contributed by atoms with Gasteiger partial charge in [-0.15, -0.1) is 0 Å². The molecule has 25 heavy (non-hydrogen) atoms.